The summed E-state index contributed by atoms with van der Waals surface area (Å²) in [6.07, 6.45) is 1.53. The van der Waals surface area contributed by atoms with E-state index in [9.17, 15) is 9.59 Å². The first kappa shape index (κ1) is 18.9. The van der Waals surface area contributed by atoms with Gasteiger partial charge >= 0.3 is 6.16 Å². The normalized spacial score (nSPS) is 17.2. The van der Waals surface area contributed by atoms with Crippen molar-refractivity contribution in [1.82, 2.24) is 0 Å². The third kappa shape index (κ3) is 6.22. The van der Waals surface area contributed by atoms with E-state index in [0.717, 1.165) is 18.4 Å². The molecule has 23 heavy (non-hydrogen) atoms. The summed E-state index contributed by atoms with van der Waals surface area (Å²) < 4.78 is 0. The van der Waals surface area contributed by atoms with Gasteiger partial charge in [-0.15, -0.1) is 0 Å². The van der Waals surface area contributed by atoms with Crippen LogP contribution in [0.25, 0.3) is 0 Å². The van der Waals surface area contributed by atoms with Crippen LogP contribution in [0.4, 0.5) is 4.79 Å². The topological polar surface area (TPSA) is 91.7 Å². The van der Waals surface area contributed by atoms with Gasteiger partial charge in [0.15, 0.2) is 0 Å². The van der Waals surface area contributed by atoms with Gasteiger partial charge < -0.3 is 10.2 Å². The number of carbonyl (C=O) groups excluding carboxylic acids is 2. The van der Waals surface area contributed by atoms with Crippen molar-refractivity contribution in [3.05, 3.63) is 34.4 Å². The Balaban J connectivity index is 0.000000593. The van der Waals surface area contributed by atoms with Crippen LogP contribution >= 0.6 is 0 Å². The smallest absolute Gasteiger partial charge is 0.450 e. The summed E-state index contributed by atoms with van der Waals surface area (Å²) in [4.78, 5) is 32.4. The summed E-state index contributed by atoms with van der Waals surface area (Å²) >= 11 is 0. The Labute approximate surface area is 136 Å². The van der Waals surface area contributed by atoms with Gasteiger partial charge in [-0.05, 0) is 50.3 Å². The van der Waals surface area contributed by atoms with Gasteiger partial charge in [0, 0.05) is 25.2 Å². The fourth-order valence-corrected chi connectivity index (χ4v) is 3.11. The highest BCUT2D eigenvalue weighted by molar-refractivity contribution is 5.90. The van der Waals surface area contributed by atoms with Gasteiger partial charge in [0.05, 0.1) is 0 Å². The molecule has 126 valence electrons. The van der Waals surface area contributed by atoms with Gasteiger partial charge in [-0.2, -0.15) is 0 Å². The van der Waals surface area contributed by atoms with E-state index in [2.05, 4.69) is 32.9 Å². The van der Waals surface area contributed by atoms with Crippen LogP contribution in [0.15, 0.2) is 12.1 Å². The van der Waals surface area contributed by atoms with Crippen LogP contribution in [-0.2, 0) is 16.0 Å². The molecule has 2 N–H and O–H groups in total. The second kappa shape index (κ2) is 8.46. The molecule has 1 fully saturated rings. The van der Waals surface area contributed by atoms with Crippen molar-refractivity contribution >= 4 is 17.7 Å². The Morgan fingerprint density at radius 1 is 1.13 bits per heavy atom. The maximum absolute atomic E-state index is 12.4. The molecule has 0 saturated heterocycles. The van der Waals surface area contributed by atoms with Crippen LogP contribution in [0.3, 0.4) is 0 Å². The van der Waals surface area contributed by atoms with Crippen molar-refractivity contribution in [3.8, 4) is 0 Å². The number of hydrogen-bond acceptors (Lipinski definition) is 3. The average molecular weight is 320 g/mol. The van der Waals surface area contributed by atoms with Gasteiger partial charge in [-0.3, -0.25) is 9.59 Å². The monoisotopic (exact) mass is 320 g/mol. The van der Waals surface area contributed by atoms with Gasteiger partial charge in [-0.25, -0.2) is 4.79 Å². The lowest BCUT2D eigenvalue weighted by Gasteiger charge is -2.20. The number of carbonyl (C=O) groups is 3. The summed E-state index contributed by atoms with van der Waals surface area (Å²) in [5.74, 6) is 0.450. The second-order valence-corrected chi connectivity index (χ2v) is 6.13. The molecule has 0 amide bonds. The number of aryl methyl sites for hydroxylation is 3. The Morgan fingerprint density at radius 2 is 1.65 bits per heavy atom. The second-order valence-electron chi connectivity index (χ2n) is 6.13. The van der Waals surface area contributed by atoms with E-state index in [1.165, 1.54) is 16.7 Å². The minimum atomic E-state index is -1.83. The van der Waals surface area contributed by atoms with E-state index in [4.69, 9.17) is 15.0 Å². The highest BCUT2D eigenvalue weighted by atomic mass is 16.6. The largest absolute Gasteiger partial charge is 0.503 e. The molecule has 0 heterocycles. The summed E-state index contributed by atoms with van der Waals surface area (Å²) in [6, 6.07) is 4.25. The fraction of sp³-hybridized carbons (Fsp3) is 0.500. The van der Waals surface area contributed by atoms with Crippen molar-refractivity contribution < 1.29 is 24.6 Å². The molecule has 2 rings (SSSR count). The molecule has 1 atom stereocenters. The minimum Gasteiger partial charge on any atom is -0.450 e. The standard InChI is InChI=1S/C17H22O2.CH2O3/c1-11-7-12(2)16(13(3)8-11)10-17(19)14-5-4-6-15(18)9-14;2-1(3)4/h7-8,14H,4-6,9-10H2,1-3H3;(H2,2,3,4). The van der Waals surface area contributed by atoms with Crippen LogP contribution in [-0.4, -0.2) is 27.9 Å². The molecule has 1 aromatic rings. The van der Waals surface area contributed by atoms with E-state index >= 15 is 0 Å². The number of benzene rings is 1. The van der Waals surface area contributed by atoms with E-state index in [-0.39, 0.29) is 17.5 Å². The van der Waals surface area contributed by atoms with Gasteiger partial charge in [0.25, 0.3) is 0 Å². The molecule has 0 aliphatic heterocycles. The summed E-state index contributed by atoms with van der Waals surface area (Å²) in [7, 11) is 0. The molecule has 0 radical (unpaired) electrons. The van der Waals surface area contributed by atoms with Gasteiger partial charge in [0.2, 0.25) is 0 Å². The molecule has 1 saturated carbocycles. The van der Waals surface area contributed by atoms with Crippen LogP contribution in [0.1, 0.15) is 47.9 Å². The maximum atomic E-state index is 12.4. The summed E-state index contributed by atoms with van der Waals surface area (Å²) in [5.41, 5.74) is 4.76. The van der Waals surface area contributed by atoms with E-state index < -0.39 is 6.16 Å². The Kier molecular flexibility index (Phi) is 6.94. The molecule has 5 nitrogen and oxygen atoms in total. The number of rotatable bonds is 3. The highest BCUT2D eigenvalue weighted by Crippen LogP contribution is 2.25. The van der Waals surface area contributed by atoms with E-state index in [1.807, 2.05) is 0 Å². The first-order valence-corrected chi connectivity index (χ1v) is 7.73. The average Bonchev–Trinajstić information content (AvgIpc) is 2.42. The molecule has 0 bridgehead atoms. The Morgan fingerprint density at radius 3 is 2.13 bits per heavy atom. The number of Topliss-reactive ketones (excluding diaryl/α,β-unsaturated/α-hetero) is 2. The van der Waals surface area contributed by atoms with Crippen LogP contribution in [0.5, 0.6) is 0 Å². The molecule has 0 aromatic heterocycles. The molecule has 1 aliphatic rings. The quantitative estimate of drug-likeness (QED) is 0.886. The lowest BCUT2D eigenvalue weighted by Crippen LogP contribution is -2.24. The Bertz CT molecular complexity index is 576. The first-order valence-electron chi connectivity index (χ1n) is 7.73. The first-order chi connectivity index (χ1) is 10.7. The van der Waals surface area contributed by atoms with Crippen molar-refractivity contribution in [1.29, 1.82) is 0 Å². The fourth-order valence-electron chi connectivity index (χ4n) is 3.11. The molecule has 1 unspecified atom stereocenters. The lowest BCUT2D eigenvalue weighted by molar-refractivity contribution is -0.129. The third-order valence-electron chi connectivity index (χ3n) is 4.13. The van der Waals surface area contributed by atoms with Gasteiger partial charge in [0.1, 0.15) is 11.6 Å². The van der Waals surface area contributed by atoms with Gasteiger partial charge in [-0.1, -0.05) is 17.7 Å². The number of ketones is 2. The number of carboxylic acid groups (broad SMARTS) is 2. The van der Waals surface area contributed by atoms with E-state index in [0.29, 0.717) is 19.3 Å². The summed E-state index contributed by atoms with van der Waals surface area (Å²) in [5, 5.41) is 13.9. The van der Waals surface area contributed by atoms with E-state index in [1.54, 1.807) is 0 Å². The predicted molar refractivity (Wildman–Crippen MR) is 87.0 cm³/mol. The van der Waals surface area contributed by atoms with Crippen LogP contribution in [0.2, 0.25) is 0 Å². The van der Waals surface area contributed by atoms with Crippen molar-refractivity contribution in [2.45, 2.75) is 52.9 Å². The highest BCUT2D eigenvalue weighted by Gasteiger charge is 2.26. The SMILES string of the molecule is Cc1cc(C)c(CC(=O)C2CCCC(=O)C2)c(C)c1.O=C(O)O. The van der Waals surface area contributed by atoms with Crippen molar-refractivity contribution in [2.24, 2.45) is 5.92 Å². The molecular formula is C18H24O5. The van der Waals surface area contributed by atoms with Crippen molar-refractivity contribution in [3.63, 3.8) is 0 Å². The molecule has 0 spiro atoms. The number of hydrogen-bond donors (Lipinski definition) is 2. The molecular weight excluding hydrogens is 296 g/mol. The zero-order valence-corrected chi connectivity index (χ0v) is 13.9. The molecule has 5 heteroatoms. The maximum Gasteiger partial charge on any atom is 0.503 e. The third-order valence-corrected chi connectivity index (χ3v) is 4.13. The van der Waals surface area contributed by atoms with Crippen molar-refractivity contribution in [2.75, 3.05) is 0 Å². The summed E-state index contributed by atoms with van der Waals surface area (Å²) in [6.45, 7) is 6.20. The van der Waals surface area contributed by atoms with Crippen LogP contribution < -0.4 is 0 Å². The lowest BCUT2D eigenvalue weighted by atomic mass is 9.82. The Hall–Kier alpha value is -2.17. The molecule has 1 aliphatic carbocycles. The predicted octanol–water partition coefficient (Wildman–Crippen LogP) is 3.71. The van der Waals surface area contributed by atoms with Crippen LogP contribution in [0, 0.1) is 26.7 Å². The molecule has 1 aromatic carbocycles. The minimum absolute atomic E-state index is 0.0404. The zero-order chi connectivity index (χ0) is 17.6. The zero-order valence-electron chi connectivity index (χ0n) is 13.9.